The lowest BCUT2D eigenvalue weighted by molar-refractivity contribution is -0.195. The van der Waals surface area contributed by atoms with Crippen molar-refractivity contribution in [3.05, 3.63) is 0 Å². The van der Waals surface area contributed by atoms with Crippen molar-refractivity contribution < 1.29 is 33.3 Å². The first-order chi connectivity index (χ1) is 13.5. The van der Waals surface area contributed by atoms with Crippen LogP contribution in [-0.4, -0.2) is 50.4 Å². The molecule has 0 bridgehead atoms. The molecule has 1 aliphatic heterocycles. The van der Waals surface area contributed by atoms with Crippen LogP contribution in [-0.2, 0) is 33.3 Å². The molecule has 2 unspecified atom stereocenters. The summed E-state index contributed by atoms with van der Waals surface area (Å²) in [5.41, 5.74) is 0. The van der Waals surface area contributed by atoms with E-state index in [1.54, 1.807) is 0 Å². The molecule has 5 atom stereocenters. The molecule has 0 N–H and O–H groups in total. The van der Waals surface area contributed by atoms with Crippen LogP contribution >= 0.6 is 0 Å². The van der Waals surface area contributed by atoms with E-state index in [4.69, 9.17) is 14.2 Å². The van der Waals surface area contributed by atoms with Crippen LogP contribution in [0.4, 0.5) is 0 Å². The molecule has 0 amide bonds. The third-order valence-electron chi connectivity index (χ3n) is 5.70. The zero-order valence-electron chi connectivity index (χ0n) is 17.1. The number of hydrogen-bond donors (Lipinski definition) is 0. The van der Waals surface area contributed by atoms with Crippen LogP contribution in [0.1, 0.15) is 71.1 Å². The van der Waals surface area contributed by atoms with E-state index in [9.17, 15) is 14.4 Å². The summed E-state index contributed by atoms with van der Waals surface area (Å²) < 4.78 is 21.9. The van der Waals surface area contributed by atoms with Gasteiger partial charge in [0.05, 0.1) is 13.2 Å². The normalized spacial score (nSPS) is 30.0. The van der Waals surface area contributed by atoms with Crippen molar-refractivity contribution in [2.24, 2.45) is 11.8 Å². The summed E-state index contributed by atoms with van der Waals surface area (Å²) in [5.74, 6) is -0.829. The lowest BCUT2D eigenvalue weighted by atomic mass is 9.89. The molecule has 1 aliphatic carbocycles. The molecule has 28 heavy (non-hydrogen) atoms. The van der Waals surface area contributed by atoms with Gasteiger partial charge in [-0.3, -0.25) is 9.59 Å². The molecule has 0 aromatic rings. The number of ether oxygens (including phenoxy) is 4. The first-order valence-electron chi connectivity index (χ1n) is 10.5. The maximum atomic E-state index is 11.8. The zero-order chi connectivity index (χ0) is 20.4. The first-order valence-corrected chi connectivity index (χ1v) is 10.5. The lowest BCUT2D eigenvalue weighted by Gasteiger charge is -2.28. The molecule has 2 fully saturated rings. The molecular formula is C21H34O7. The number of carbonyl (C=O) groups is 3. The van der Waals surface area contributed by atoms with Crippen LogP contribution in [0, 0.1) is 11.8 Å². The third-order valence-corrected chi connectivity index (χ3v) is 5.70. The molecule has 1 saturated carbocycles. The number of hydrogen-bond acceptors (Lipinski definition) is 7. The van der Waals surface area contributed by atoms with Crippen molar-refractivity contribution in [1.82, 2.24) is 0 Å². The van der Waals surface area contributed by atoms with Gasteiger partial charge in [0.25, 0.3) is 0 Å². The second-order valence-corrected chi connectivity index (χ2v) is 7.76. The molecule has 2 aliphatic rings. The van der Waals surface area contributed by atoms with Gasteiger partial charge < -0.3 is 23.7 Å². The van der Waals surface area contributed by atoms with Gasteiger partial charge in [0.15, 0.2) is 6.29 Å². The van der Waals surface area contributed by atoms with Crippen LogP contribution < -0.4 is 0 Å². The van der Waals surface area contributed by atoms with Gasteiger partial charge in [0.1, 0.15) is 12.4 Å². The topological polar surface area (TPSA) is 88.1 Å². The maximum absolute atomic E-state index is 11.8. The van der Waals surface area contributed by atoms with E-state index in [0.29, 0.717) is 19.4 Å². The fourth-order valence-electron chi connectivity index (χ4n) is 4.26. The first kappa shape index (κ1) is 22.8. The Morgan fingerprint density at radius 1 is 1.11 bits per heavy atom. The second kappa shape index (κ2) is 12.2. The van der Waals surface area contributed by atoms with Crippen LogP contribution in [0.5, 0.6) is 0 Å². The quantitative estimate of drug-likeness (QED) is 0.300. The van der Waals surface area contributed by atoms with Gasteiger partial charge in [-0.25, -0.2) is 0 Å². The van der Waals surface area contributed by atoms with Gasteiger partial charge in [-0.1, -0.05) is 19.3 Å². The molecule has 1 heterocycles. The lowest BCUT2D eigenvalue weighted by Crippen LogP contribution is -2.32. The molecule has 7 nitrogen and oxygen atoms in total. The number of carbonyl (C=O) groups excluding carboxylic acids is 3. The van der Waals surface area contributed by atoms with Crippen LogP contribution in [0.2, 0.25) is 0 Å². The van der Waals surface area contributed by atoms with E-state index >= 15 is 0 Å². The summed E-state index contributed by atoms with van der Waals surface area (Å²) in [5, 5.41) is 0. The smallest absolute Gasteiger partial charge is 0.305 e. The molecule has 0 aromatic carbocycles. The number of esters is 2. The predicted molar refractivity (Wildman–Crippen MR) is 101 cm³/mol. The Balaban J connectivity index is 1.85. The van der Waals surface area contributed by atoms with Gasteiger partial charge in [-0.2, -0.15) is 0 Å². The zero-order valence-corrected chi connectivity index (χ0v) is 17.1. The highest BCUT2D eigenvalue weighted by molar-refractivity contribution is 5.69. The minimum atomic E-state index is -0.327. The van der Waals surface area contributed by atoms with Gasteiger partial charge in [-0.05, 0) is 32.1 Å². The van der Waals surface area contributed by atoms with Gasteiger partial charge in [0, 0.05) is 38.2 Å². The Labute approximate surface area is 167 Å². The number of rotatable bonds is 11. The third kappa shape index (κ3) is 7.17. The van der Waals surface area contributed by atoms with E-state index in [1.165, 1.54) is 14.0 Å². The van der Waals surface area contributed by atoms with Crippen molar-refractivity contribution >= 4 is 18.2 Å². The average Bonchev–Trinajstić information content (AvgIpc) is 3.00. The SMILES string of the molecule is COC(=O)CCCCCC[C@@H]1C(C=O)[C@H](OC2CCCCO2)C[C@@H]1OC(C)=O. The fourth-order valence-corrected chi connectivity index (χ4v) is 4.26. The molecule has 0 aromatic heterocycles. The van der Waals surface area contributed by atoms with E-state index < -0.39 is 0 Å². The molecule has 1 saturated heterocycles. The van der Waals surface area contributed by atoms with Gasteiger partial charge in [0.2, 0.25) is 0 Å². The molecule has 160 valence electrons. The summed E-state index contributed by atoms with van der Waals surface area (Å²) >= 11 is 0. The highest BCUT2D eigenvalue weighted by Crippen LogP contribution is 2.39. The van der Waals surface area contributed by atoms with Gasteiger partial charge >= 0.3 is 11.9 Å². The number of aldehydes is 1. The molecule has 2 rings (SSSR count). The van der Waals surface area contributed by atoms with Gasteiger partial charge in [-0.15, -0.1) is 0 Å². The van der Waals surface area contributed by atoms with E-state index in [1.807, 2.05) is 0 Å². The standard InChI is InChI=1S/C21H34O7/c1-15(23)27-18-13-19(28-21-11-7-8-12-26-21)17(14-22)16(18)9-5-3-4-6-10-20(24)25-2/h14,16-19,21H,3-13H2,1-2H3/t16-,17?,18+,19-,21?/m1/s1. The minimum Gasteiger partial charge on any atom is -0.469 e. The molecular weight excluding hydrogens is 364 g/mol. The van der Waals surface area contributed by atoms with Crippen molar-refractivity contribution in [3.8, 4) is 0 Å². The van der Waals surface area contributed by atoms with Crippen molar-refractivity contribution in [3.63, 3.8) is 0 Å². The Hall–Kier alpha value is -1.47. The predicted octanol–water partition coefficient (Wildman–Crippen LogP) is 3.18. The highest BCUT2D eigenvalue weighted by atomic mass is 16.7. The largest absolute Gasteiger partial charge is 0.469 e. The highest BCUT2D eigenvalue weighted by Gasteiger charge is 2.46. The van der Waals surface area contributed by atoms with Crippen LogP contribution in [0.3, 0.4) is 0 Å². The Morgan fingerprint density at radius 2 is 1.89 bits per heavy atom. The number of unbranched alkanes of at least 4 members (excludes halogenated alkanes) is 3. The Bertz CT molecular complexity index is 501. The monoisotopic (exact) mass is 398 g/mol. The van der Waals surface area contributed by atoms with E-state index in [-0.39, 0.29) is 42.3 Å². The summed E-state index contributed by atoms with van der Waals surface area (Å²) in [4.78, 5) is 34.5. The summed E-state index contributed by atoms with van der Waals surface area (Å²) in [6.45, 7) is 2.09. The Morgan fingerprint density at radius 3 is 2.54 bits per heavy atom. The summed E-state index contributed by atoms with van der Waals surface area (Å²) in [6, 6.07) is 0. The Kier molecular flexibility index (Phi) is 9.92. The van der Waals surface area contributed by atoms with Crippen LogP contribution in [0.25, 0.3) is 0 Å². The molecule has 7 heteroatoms. The van der Waals surface area contributed by atoms with Crippen LogP contribution in [0.15, 0.2) is 0 Å². The van der Waals surface area contributed by atoms with Crippen molar-refractivity contribution in [1.29, 1.82) is 0 Å². The molecule has 0 spiro atoms. The van der Waals surface area contributed by atoms with Crippen molar-refractivity contribution in [2.75, 3.05) is 13.7 Å². The fraction of sp³-hybridized carbons (Fsp3) is 0.857. The summed E-state index contributed by atoms with van der Waals surface area (Å²) in [7, 11) is 1.40. The van der Waals surface area contributed by atoms with E-state index in [2.05, 4.69) is 4.74 Å². The number of methoxy groups -OCH3 is 1. The maximum Gasteiger partial charge on any atom is 0.305 e. The summed E-state index contributed by atoms with van der Waals surface area (Å²) in [6.07, 6.45) is 8.44. The molecule has 0 radical (unpaired) electrons. The minimum absolute atomic E-state index is 0.0319. The average molecular weight is 398 g/mol. The van der Waals surface area contributed by atoms with E-state index in [0.717, 1.165) is 57.7 Å². The second-order valence-electron chi connectivity index (χ2n) is 7.76. The van der Waals surface area contributed by atoms with Crippen molar-refractivity contribution in [2.45, 2.75) is 89.6 Å².